The first-order chi connectivity index (χ1) is 6.16. The van der Waals surface area contributed by atoms with Gasteiger partial charge in [0.25, 0.3) is 0 Å². The molecule has 2 atom stereocenters. The first kappa shape index (κ1) is 11.8. The van der Waals surface area contributed by atoms with Gasteiger partial charge in [0.15, 0.2) is 0 Å². The number of alkyl halides is 3. The Kier molecular flexibility index (Phi) is 2.84. The minimum absolute atomic E-state index is 0.0212. The van der Waals surface area contributed by atoms with Crippen LogP contribution in [0.4, 0.5) is 13.2 Å². The molecular weight excluding hydrogens is 219 g/mol. The maximum absolute atomic E-state index is 12.1. The average molecular weight is 231 g/mol. The second kappa shape index (κ2) is 3.37. The largest absolute Gasteiger partial charge is 0.511 e. The molecule has 0 aromatic heterocycles. The van der Waals surface area contributed by atoms with Gasteiger partial charge in [0.05, 0.1) is 0 Å². The van der Waals surface area contributed by atoms with Crippen LogP contribution in [0.15, 0.2) is 0 Å². The Morgan fingerprint density at radius 1 is 1.14 bits per heavy atom. The van der Waals surface area contributed by atoms with Gasteiger partial charge in [-0.3, -0.25) is 0 Å². The monoisotopic (exact) mass is 231 g/mol. The van der Waals surface area contributed by atoms with E-state index in [2.05, 4.69) is 0 Å². The summed E-state index contributed by atoms with van der Waals surface area (Å²) in [6, 6.07) is 0. The minimum atomic E-state index is -5.17. The zero-order chi connectivity index (χ0) is 11.1. The second-order valence-electron chi connectivity index (χ2n) is 3.72. The highest BCUT2D eigenvalue weighted by Crippen LogP contribution is 2.32. The molecule has 1 aliphatic rings. The molecule has 84 valence electrons. The van der Waals surface area contributed by atoms with E-state index in [1.165, 1.54) is 0 Å². The third-order valence-corrected chi connectivity index (χ3v) is 4.15. The summed E-state index contributed by atoms with van der Waals surface area (Å²) < 4.78 is 58.7. The first-order valence-electron chi connectivity index (χ1n) is 4.22. The van der Waals surface area contributed by atoms with Gasteiger partial charge in [-0.15, -0.1) is 0 Å². The standard InChI is InChI=1S/C7H12F3NO2S/c1-5-3-11(4-6(5)2)14(12,13)7(8,9)10/h5-6H,3-4H2,1-2H3/t5-,6-/m0/s1. The fourth-order valence-corrected chi connectivity index (χ4v) is 2.58. The van der Waals surface area contributed by atoms with Gasteiger partial charge in [0.2, 0.25) is 0 Å². The predicted octanol–water partition coefficient (Wildman–Crippen LogP) is 1.42. The maximum Gasteiger partial charge on any atom is 0.511 e. The van der Waals surface area contributed by atoms with E-state index in [0.717, 1.165) is 0 Å². The van der Waals surface area contributed by atoms with E-state index in [4.69, 9.17) is 0 Å². The van der Waals surface area contributed by atoms with Gasteiger partial charge in [0, 0.05) is 13.1 Å². The molecular formula is C7H12F3NO2S. The van der Waals surface area contributed by atoms with Crippen LogP contribution in [0, 0.1) is 11.8 Å². The Balaban J connectivity index is 2.88. The number of halogens is 3. The van der Waals surface area contributed by atoms with Crippen LogP contribution in [0.3, 0.4) is 0 Å². The molecule has 0 aromatic rings. The number of nitrogens with zero attached hydrogens (tertiary/aromatic N) is 1. The van der Waals surface area contributed by atoms with E-state index >= 15 is 0 Å². The molecule has 1 fully saturated rings. The summed E-state index contributed by atoms with van der Waals surface area (Å²) in [6.07, 6.45) is 0. The van der Waals surface area contributed by atoms with Crippen molar-refractivity contribution in [2.75, 3.05) is 13.1 Å². The highest BCUT2D eigenvalue weighted by Gasteiger charge is 2.52. The van der Waals surface area contributed by atoms with Crippen LogP contribution >= 0.6 is 0 Å². The van der Waals surface area contributed by atoms with Gasteiger partial charge in [-0.2, -0.15) is 17.5 Å². The Labute approximate surface area is 80.9 Å². The van der Waals surface area contributed by atoms with Crippen LogP contribution in [0.1, 0.15) is 13.8 Å². The molecule has 0 amide bonds. The predicted molar refractivity (Wildman–Crippen MR) is 44.9 cm³/mol. The molecule has 0 N–H and O–H groups in total. The van der Waals surface area contributed by atoms with Crippen molar-refractivity contribution < 1.29 is 21.6 Å². The van der Waals surface area contributed by atoms with E-state index in [1.807, 2.05) is 0 Å². The molecule has 1 aliphatic heterocycles. The van der Waals surface area contributed by atoms with Crippen molar-refractivity contribution >= 4 is 10.0 Å². The van der Waals surface area contributed by atoms with E-state index in [0.29, 0.717) is 4.31 Å². The first-order valence-corrected chi connectivity index (χ1v) is 5.66. The number of sulfonamides is 1. The van der Waals surface area contributed by atoms with Crippen LogP contribution in [0.2, 0.25) is 0 Å². The second-order valence-corrected chi connectivity index (χ2v) is 5.65. The van der Waals surface area contributed by atoms with Gasteiger partial charge in [-0.25, -0.2) is 8.42 Å². The summed E-state index contributed by atoms with van der Waals surface area (Å²) in [6.45, 7) is 3.42. The fraction of sp³-hybridized carbons (Fsp3) is 1.00. The molecule has 0 aromatic carbocycles. The van der Waals surface area contributed by atoms with Gasteiger partial charge >= 0.3 is 15.5 Å². The molecule has 0 radical (unpaired) electrons. The van der Waals surface area contributed by atoms with E-state index < -0.39 is 15.5 Å². The molecule has 0 aliphatic carbocycles. The highest BCUT2D eigenvalue weighted by atomic mass is 32.2. The summed E-state index contributed by atoms with van der Waals surface area (Å²) >= 11 is 0. The maximum atomic E-state index is 12.1. The number of rotatable bonds is 1. The van der Waals surface area contributed by atoms with Gasteiger partial charge < -0.3 is 0 Å². The molecule has 1 heterocycles. The van der Waals surface area contributed by atoms with Crippen LogP contribution in [-0.4, -0.2) is 31.3 Å². The van der Waals surface area contributed by atoms with E-state index in [-0.39, 0.29) is 24.9 Å². The number of hydrogen-bond acceptors (Lipinski definition) is 2. The summed E-state index contributed by atoms with van der Waals surface area (Å²) in [5, 5.41) is 0. The zero-order valence-electron chi connectivity index (χ0n) is 7.87. The molecule has 0 saturated carbocycles. The quantitative estimate of drug-likeness (QED) is 0.684. The summed E-state index contributed by atoms with van der Waals surface area (Å²) in [7, 11) is -5.11. The average Bonchev–Trinajstić information content (AvgIpc) is 2.30. The molecule has 1 saturated heterocycles. The van der Waals surface area contributed by atoms with Crippen molar-refractivity contribution in [1.82, 2.24) is 4.31 Å². The molecule has 0 spiro atoms. The van der Waals surface area contributed by atoms with Crippen molar-refractivity contribution in [3.63, 3.8) is 0 Å². The van der Waals surface area contributed by atoms with Crippen LogP contribution in [0.5, 0.6) is 0 Å². The Morgan fingerprint density at radius 2 is 1.50 bits per heavy atom. The minimum Gasteiger partial charge on any atom is -0.203 e. The summed E-state index contributed by atoms with van der Waals surface area (Å²) in [4.78, 5) is 0. The van der Waals surface area contributed by atoms with Crippen LogP contribution in [0.25, 0.3) is 0 Å². The third kappa shape index (κ3) is 1.88. The SMILES string of the molecule is C[C@H]1CN(S(=O)(=O)C(F)(F)F)C[C@@H]1C. The van der Waals surface area contributed by atoms with Crippen molar-refractivity contribution in [2.45, 2.75) is 19.4 Å². The topological polar surface area (TPSA) is 37.4 Å². The molecule has 0 bridgehead atoms. The van der Waals surface area contributed by atoms with Crippen molar-refractivity contribution in [2.24, 2.45) is 11.8 Å². The van der Waals surface area contributed by atoms with Crippen LogP contribution in [-0.2, 0) is 10.0 Å². The molecule has 3 nitrogen and oxygen atoms in total. The highest BCUT2D eigenvalue weighted by molar-refractivity contribution is 7.90. The Bertz CT molecular complexity index is 301. The Hall–Kier alpha value is -0.300. The lowest BCUT2D eigenvalue weighted by atomic mass is 10.0. The lowest BCUT2D eigenvalue weighted by Gasteiger charge is -2.17. The Morgan fingerprint density at radius 3 is 1.79 bits per heavy atom. The van der Waals surface area contributed by atoms with Gasteiger partial charge in [-0.05, 0) is 11.8 Å². The zero-order valence-corrected chi connectivity index (χ0v) is 8.69. The lowest BCUT2D eigenvalue weighted by molar-refractivity contribution is -0.0484. The fourth-order valence-electron chi connectivity index (χ4n) is 1.42. The van der Waals surface area contributed by atoms with E-state index in [9.17, 15) is 21.6 Å². The normalized spacial score (nSPS) is 30.9. The molecule has 1 rings (SSSR count). The smallest absolute Gasteiger partial charge is 0.203 e. The van der Waals surface area contributed by atoms with Gasteiger partial charge in [-0.1, -0.05) is 13.8 Å². The third-order valence-electron chi connectivity index (χ3n) is 2.59. The summed E-state index contributed by atoms with van der Waals surface area (Å²) in [5.41, 5.74) is -5.17. The van der Waals surface area contributed by atoms with Crippen molar-refractivity contribution in [1.29, 1.82) is 0 Å². The number of hydrogen-bond donors (Lipinski definition) is 0. The lowest BCUT2D eigenvalue weighted by Crippen LogP contribution is -2.39. The molecule has 14 heavy (non-hydrogen) atoms. The molecule has 7 heteroatoms. The van der Waals surface area contributed by atoms with Crippen molar-refractivity contribution in [3.05, 3.63) is 0 Å². The van der Waals surface area contributed by atoms with E-state index in [1.54, 1.807) is 13.8 Å². The molecule has 0 unspecified atom stereocenters. The van der Waals surface area contributed by atoms with Gasteiger partial charge in [0.1, 0.15) is 0 Å². The van der Waals surface area contributed by atoms with Crippen LogP contribution < -0.4 is 0 Å². The van der Waals surface area contributed by atoms with Crippen molar-refractivity contribution in [3.8, 4) is 0 Å². The summed E-state index contributed by atoms with van der Waals surface area (Å²) in [5.74, 6) is -0.0424.